The number of hydrogen-bond donors (Lipinski definition) is 1. The number of amides is 1. The van der Waals surface area contributed by atoms with E-state index in [1.165, 1.54) is 32.1 Å². The van der Waals surface area contributed by atoms with Crippen LogP contribution in [0.2, 0.25) is 0 Å². The third-order valence-electron chi connectivity index (χ3n) is 4.81. The van der Waals surface area contributed by atoms with Crippen LogP contribution in [0.1, 0.15) is 39.0 Å². The summed E-state index contributed by atoms with van der Waals surface area (Å²) in [4.78, 5) is 16.6. The monoisotopic (exact) mass is 267 g/mol. The Balaban J connectivity index is 1.79. The lowest BCUT2D eigenvalue weighted by atomic mass is 9.83. The molecule has 4 heteroatoms. The molecule has 0 aromatic carbocycles. The van der Waals surface area contributed by atoms with Gasteiger partial charge in [0.15, 0.2) is 0 Å². The van der Waals surface area contributed by atoms with Crippen LogP contribution in [0.4, 0.5) is 0 Å². The van der Waals surface area contributed by atoms with E-state index in [9.17, 15) is 4.79 Å². The molecule has 2 fully saturated rings. The standard InChI is InChI=1S/C15H29N3O/c1-3-13-5-4-6-14(11-13)17(2)12-15(19)18-9-7-16-8-10-18/h13-14,16H,3-12H2,1-2H3. The molecule has 0 radical (unpaired) electrons. The van der Waals surface area contributed by atoms with Crippen LogP contribution in [0.3, 0.4) is 0 Å². The molecular weight excluding hydrogens is 238 g/mol. The fourth-order valence-electron chi connectivity index (χ4n) is 3.39. The minimum atomic E-state index is 0.308. The highest BCUT2D eigenvalue weighted by Crippen LogP contribution is 2.29. The van der Waals surface area contributed by atoms with E-state index in [1.807, 2.05) is 4.90 Å². The summed E-state index contributed by atoms with van der Waals surface area (Å²) >= 11 is 0. The van der Waals surface area contributed by atoms with Gasteiger partial charge in [-0.05, 0) is 25.8 Å². The maximum absolute atomic E-state index is 12.3. The van der Waals surface area contributed by atoms with Crippen molar-refractivity contribution in [1.82, 2.24) is 15.1 Å². The predicted molar refractivity (Wildman–Crippen MR) is 78.1 cm³/mol. The molecule has 0 aromatic heterocycles. The van der Waals surface area contributed by atoms with Crippen LogP contribution in [0.25, 0.3) is 0 Å². The van der Waals surface area contributed by atoms with Crippen LogP contribution < -0.4 is 5.32 Å². The second-order valence-electron chi connectivity index (χ2n) is 6.14. The van der Waals surface area contributed by atoms with E-state index in [1.54, 1.807) is 0 Å². The van der Waals surface area contributed by atoms with Crippen molar-refractivity contribution in [1.29, 1.82) is 0 Å². The second kappa shape index (κ2) is 7.25. The average Bonchev–Trinajstić information content (AvgIpc) is 2.48. The molecule has 1 aliphatic heterocycles. The normalized spacial score (nSPS) is 28.7. The molecule has 1 saturated heterocycles. The Morgan fingerprint density at radius 2 is 2.05 bits per heavy atom. The Labute approximate surface area is 117 Å². The fourth-order valence-corrected chi connectivity index (χ4v) is 3.39. The van der Waals surface area contributed by atoms with Crippen LogP contribution in [-0.4, -0.2) is 61.5 Å². The smallest absolute Gasteiger partial charge is 0.236 e. The van der Waals surface area contributed by atoms with Crippen LogP contribution >= 0.6 is 0 Å². The molecule has 2 rings (SSSR count). The van der Waals surface area contributed by atoms with Gasteiger partial charge in [-0.25, -0.2) is 0 Å². The molecule has 0 spiro atoms. The SMILES string of the molecule is CCC1CCCC(N(C)CC(=O)N2CCNCC2)C1. The maximum Gasteiger partial charge on any atom is 0.236 e. The van der Waals surface area contributed by atoms with Crippen molar-refractivity contribution < 1.29 is 4.79 Å². The quantitative estimate of drug-likeness (QED) is 0.834. The van der Waals surface area contributed by atoms with Gasteiger partial charge in [0.05, 0.1) is 6.54 Å². The average molecular weight is 267 g/mol. The van der Waals surface area contributed by atoms with Gasteiger partial charge in [-0.15, -0.1) is 0 Å². The van der Waals surface area contributed by atoms with Gasteiger partial charge in [-0.1, -0.05) is 26.2 Å². The summed E-state index contributed by atoms with van der Waals surface area (Å²) in [6.45, 7) is 6.51. The Hall–Kier alpha value is -0.610. The number of likely N-dealkylation sites (N-methyl/N-ethyl adjacent to an activating group) is 1. The van der Waals surface area contributed by atoms with E-state index in [4.69, 9.17) is 0 Å². The van der Waals surface area contributed by atoms with Crippen LogP contribution in [0.5, 0.6) is 0 Å². The zero-order valence-electron chi connectivity index (χ0n) is 12.5. The Morgan fingerprint density at radius 3 is 2.74 bits per heavy atom. The predicted octanol–water partition coefficient (Wildman–Crippen LogP) is 1.32. The molecule has 1 amide bonds. The number of carbonyl (C=O) groups excluding carboxylic acids is 1. The number of nitrogens with zero attached hydrogens (tertiary/aromatic N) is 2. The molecule has 1 N–H and O–H groups in total. The zero-order valence-corrected chi connectivity index (χ0v) is 12.5. The highest BCUT2D eigenvalue weighted by molar-refractivity contribution is 5.78. The van der Waals surface area contributed by atoms with E-state index in [0.29, 0.717) is 18.5 Å². The maximum atomic E-state index is 12.3. The van der Waals surface area contributed by atoms with E-state index in [0.717, 1.165) is 32.1 Å². The van der Waals surface area contributed by atoms with E-state index in [-0.39, 0.29) is 0 Å². The van der Waals surface area contributed by atoms with Gasteiger partial charge >= 0.3 is 0 Å². The molecule has 0 aromatic rings. The molecule has 1 aliphatic carbocycles. The highest BCUT2D eigenvalue weighted by atomic mass is 16.2. The number of carbonyl (C=O) groups is 1. The summed E-state index contributed by atoms with van der Waals surface area (Å²) in [5.74, 6) is 1.18. The first-order valence-electron chi connectivity index (χ1n) is 7.89. The lowest BCUT2D eigenvalue weighted by molar-refractivity contribution is -0.133. The van der Waals surface area contributed by atoms with Crippen molar-refractivity contribution in [3.63, 3.8) is 0 Å². The Morgan fingerprint density at radius 1 is 1.32 bits per heavy atom. The Bertz CT molecular complexity index is 289. The van der Waals surface area contributed by atoms with Crippen molar-refractivity contribution in [2.75, 3.05) is 39.8 Å². The summed E-state index contributed by atoms with van der Waals surface area (Å²) in [6.07, 6.45) is 6.54. The molecule has 2 unspecified atom stereocenters. The third-order valence-corrected chi connectivity index (χ3v) is 4.81. The molecule has 0 bridgehead atoms. The van der Waals surface area contributed by atoms with Gasteiger partial charge in [0.2, 0.25) is 5.91 Å². The van der Waals surface area contributed by atoms with E-state index < -0.39 is 0 Å². The number of rotatable bonds is 4. The van der Waals surface area contributed by atoms with Crippen molar-refractivity contribution in [3.05, 3.63) is 0 Å². The van der Waals surface area contributed by atoms with E-state index >= 15 is 0 Å². The van der Waals surface area contributed by atoms with Gasteiger partial charge in [0.1, 0.15) is 0 Å². The van der Waals surface area contributed by atoms with Gasteiger partial charge < -0.3 is 10.2 Å². The Kier molecular flexibility index (Phi) is 5.64. The molecule has 1 saturated carbocycles. The fraction of sp³-hybridized carbons (Fsp3) is 0.933. The molecule has 2 aliphatic rings. The van der Waals surface area contributed by atoms with Gasteiger partial charge in [0, 0.05) is 32.2 Å². The zero-order chi connectivity index (χ0) is 13.7. The largest absolute Gasteiger partial charge is 0.339 e. The minimum absolute atomic E-state index is 0.308. The molecule has 4 nitrogen and oxygen atoms in total. The number of piperazine rings is 1. The van der Waals surface area contributed by atoms with Gasteiger partial charge in [0.25, 0.3) is 0 Å². The summed E-state index contributed by atoms with van der Waals surface area (Å²) in [5, 5.41) is 3.29. The van der Waals surface area contributed by atoms with Crippen molar-refractivity contribution in [3.8, 4) is 0 Å². The summed E-state index contributed by atoms with van der Waals surface area (Å²) in [5.41, 5.74) is 0. The van der Waals surface area contributed by atoms with Crippen LogP contribution in [-0.2, 0) is 4.79 Å². The topological polar surface area (TPSA) is 35.6 Å². The summed E-state index contributed by atoms with van der Waals surface area (Å²) in [6, 6.07) is 0.616. The first-order valence-corrected chi connectivity index (χ1v) is 7.89. The van der Waals surface area contributed by atoms with Crippen molar-refractivity contribution in [2.24, 2.45) is 5.92 Å². The van der Waals surface area contributed by atoms with Crippen molar-refractivity contribution in [2.45, 2.75) is 45.1 Å². The molecule has 19 heavy (non-hydrogen) atoms. The van der Waals surface area contributed by atoms with E-state index in [2.05, 4.69) is 24.2 Å². The summed E-state index contributed by atoms with van der Waals surface area (Å²) < 4.78 is 0. The lowest BCUT2D eigenvalue weighted by Crippen LogP contribution is -2.50. The first kappa shape index (κ1) is 14.8. The number of nitrogens with one attached hydrogen (secondary N) is 1. The highest BCUT2D eigenvalue weighted by Gasteiger charge is 2.26. The van der Waals surface area contributed by atoms with Crippen LogP contribution in [0, 0.1) is 5.92 Å². The van der Waals surface area contributed by atoms with Crippen molar-refractivity contribution >= 4 is 5.91 Å². The lowest BCUT2D eigenvalue weighted by Gasteiger charge is -2.36. The summed E-state index contributed by atoms with van der Waals surface area (Å²) in [7, 11) is 2.13. The molecule has 1 heterocycles. The third kappa shape index (κ3) is 4.18. The molecule has 2 atom stereocenters. The van der Waals surface area contributed by atoms with Crippen LogP contribution in [0.15, 0.2) is 0 Å². The molecular formula is C15H29N3O. The van der Waals surface area contributed by atoms with Gasteiger partial charge in [-0.2, -0.15) is 0 Å². The number of hydrogen-bond acceptors (Lipinski definition) is 3. The van der Waals surface area contributed by atoms with Gasteiger partial charge in [-0.3, -0.25) is 9.69 Å². The second-order valence-corrected chi connectivity index (χ2v) is 6.14. The molecule has 110 valence electrons. The first-order chi connectivity index (χ1) is 9.20. The minimum Gasteiger partial charge on any atom is -0.339 e.